The predicted molar refractivity (Wildman–Crippen MR) is 144 cm³/mol. The maximum atomic E-state index is 13.0. The molecular weight excluding hydrogens is 506 g/mol. The van der Waals surface area contributed by atoms with E-state index in [-0.39, 0.29) is 11.8 Å². The third-order valence-corrected chi connectivity index (χ3v) is 6.16. The van der Waals surface area contributed by atoms with E-state index in [4.69, 9.17) is 4.98 Å². The van der Waals surface area contributed by atoms with Crippen LogP contribution in [0.25, 0.3) is 5.65 Å². The quantitative estimate of drug-likeness (QED) is 0.295. The summed E-state index contributed by atoms with van der Waals surface area (Å²) >= 11 is 3.56. The van der Waals surface area contributed by atoms with Crippen LogP contribution in [-0.4, -0.2) is 27.7 Å². The summed E-state index contributed by atoms with van der Waals surface area (Å²) in [6.45, 7) is 7.20. The number of aromatic nitrogens is 2. The van der Waals surface area contributed by atoms with Crippen LogP contribution < -0.4 is 15.5 Å². The number of rotatable bonds is 8. The van der Waals surface area contributed by atoms with E-state index in [2.05, 4.69) is 57.4 Å². The molecule has 0 unspecified atom stereocenters. The topological polar surface area (TPSA) is 78.7 Å². The first-order valence-electron chi connectivity index (χ1n) is 11.6. The van der Waals surface area contributed by atoms with Gasteiger partial charge in [0, 0.05) is 42.1 Å². The van der Waals surface area contributed by atoms with Crippen LogP contribution in [-0.2, 0) is 17.8 Å². The molecule has 8 heteroatoms. The lowest BCUT2D eigenvalue weighted by Crippen LogP contribution is -2.25. The fourth-order valence-electron chi connectivity index (χ4n) is 4.02. The SMILES string of the molecule is CCc1nc2ccc(C(=O)Nc3ccc(NC(C)=O)cc3)cn2c1N(CC)Cc1cccc(Br)c1. The number of hydrogen-bond donors (Lipinski definition) is 2. The van der Waals surface area contributed by atoms with Crippen LogP contribution in [0.1, 0.15) is 42.4 Å². The molecule has 0 aliphatic heterocycles. The van der Waals surface area contributed by atoms with Gasteiger partial charge in [0.05, 0.1) is 11.3 Å². The lowest BCUT2D eigenvalue weighted by molar-refractivity contribution is -0.114. The molecule has 2 amide bonds. The summed E-state index contributed by atoms with van der Waals surface area (Å²) < 4.78 is 3.05. The molecule has 0 atom stereocenters. The molecule has 7 nitrogen and oxygen atoms in total. The Hall–Kier alpha value is -3.65. The smallest absolute Gasteiger partial charge is 0.257 e. The van der Waals surface area contributed by atoms with Crippen molar-refractivity contribution in [1.29, 1.82) is 0 Å². The summed E-state index contributed by atoms with van der Waals surface area (Å²) in [5.41, 5.74) is 4.85. The fourth-order valence-corrected chi connectivity index (χ4v) is 4.47. The number of hydrogen-bond acceptors (Lipinski definition) is 4. The minimum absolute atomic E-state index is 0.140. The molecule has 2 N–H and O–H groups in total. The normalized spacial score (nSPS) is 10.9. The number of anilines is 3. The molecule has 0 saturated heterocycles. The van der Waals surface area contributed by atoms with Crippen LogP contribution in [0.15, 0.2) is 71.3 Å². The van der Waals surface area contributed by atoms with Gasteiger partial charge in [-0.2, -0.15) is 0 Å². The first-order chi connectivity index (χ1) is 16.9. The number of halogens is 1. The second-order valence-corrected chi connectivity index (χ2v) is 9.15. The van der Waals surface area contributed by atoms with Gasteiger partial charge >= 0.3 is 0 Å². The highest BCUT2D eigenvalue weighted by atomic mass is 79.9. The molecule has 2 aromatic heterocycles. The second-order valence-electron chi connectivity index (χ2n) is 8.24. The summed E-state index contributed by atoms with van der Waals surface area (Å²) in [5.74, 6) is 0.643. The molecule has 2 aromatic carbocycles. The van der Waals surface area contributed by atoms with Crippen LogP contribution in [0.2, 0.25) is 0 Å². The predicted octanol–water partition coefficient (Wildman–Crippen LogP) is 5.90. The summed E-state index contributed by atoms with van der Waals surface area (Å²) in [4.78, 5) is 31.4. The molecule has 4 rings (SSSR count). The molecule has 0 radical (unpaired) electrons. The number of amides is 2. The van der Waals surface area contributed by atoms with Crippen LogP contribution in [0.5, 0.6) is 0 Å². The summed E-state index contributed by atoms with van der Waals surface area (Å²) in [5, 5.41) is 5.65. The van der Waals surface area contributed by atoms with E-state index in [9.17, 15) is 9.59 Å². The van der Waals surface area contributed by atoms with Crippen LogP contribution in [0.4, 0.5) is 17.2 Å². The molecular formula is C27H28BrN5O2. The number of fused-ring (bicyclic) bond motifs is 1. The highest BCUT2D eigenvalue weighted by Gasteiger charge is 2.19. The zero-order valence-electron chi connectivity index (χ0n) is 20.0. The first kappa shape index (κ1) is 24.5. The van der Waals surface area contributed by atoms with Crippen LogP contribution >= 0.6 is 15.9 Å². The zero-order chi connectivity index (χ0) is 24.9. The number of aryl methyl sites for hydroxylation is 1. The van der Waals surface area contributed by atoms with Gasteiger partial charge in [0.1, 0.15) is 11.5 Å². The lowest BCUT2D eigenvalue weighted by atomic mass is 10.2. The average Bonchev–Trinajstić information content (AvgIpc) is 3.21. The van der Waals surface area contributed by atoms with Gasteiger partial charge < -0.3 is 15.5 Å². The Bertz CT molecular complexity index is 1360. The minimum atomic E-state index is -0.216. The van der Waals surface area contributed by atoms with Crippen LogP contribution in [0.3, 0.4) is 0 Å². The maximum absolute atomic E-state index is 13.0. The number of nitrogens with zero attached hydrogens (tertiary/aromatic N) is 3. The molecule has 0 spiro atoms. The zero-order valence-corrected chi connectivity index (χ0v) is 21.6. The number of carbonyl (C=O) groups excluding carboxylic acids is 2. The van der Waals surface area contributed by atoms with Gasteiger partial charge in [-0.15, -0.1) is 0 Å². The number of carbonyl (C=O) groups is 2. The molecule has 0 saturated carbocycles. The Labute approximate surface area is 213 Å². The number of imidazole rings is 1. The Morgan fingerprint density at radius 2 is 1.71 bits per heavy atom. The van der Waals surface area contributed by atoms with Gasteiger partial charge in [0.2, 0.25) is 5.91 Å². The van der Waals surface area contributed by atoms with Gasteiger partial charge in [-0.25, -0.2) is 4.98 Å². The van der Waals surface area contributed by atoms with Crippen molar-refractivity contribution in [3.8, 4) is 0 Å². The van der Waals surface area contributed by atoms with E-state index >= 15 is 0 Å². The molecule has 4 aromatic rings. The van der Waals surface area contributed by atoms with Crippen molar-refractivity contribution in [2.45, 2.75) is 33.7 Å². The van der Waals surface area contributed by atoms with E-state index in [1.54, 1.807) is 30.3 Å². The van der Waals surface area contributed by atoms with E-state index in [1.165, 1.54) is 12.5 Å². The first-order valence-corrected chi connectivity index (χ1v) is 12.4. The van der Waals surface area contributed by atoms with Gasteiger partial charge in [-0.05, 0) is 67.4 Å². The number of benzene rings is 2. The highest BCUT2D eigenvalue weighted by molar-refractivity contribution is 9.10. The Morgan fingerprint density at radius 3 is 2.34 bits per heavy atom. The molecule has 0 bridgehead atoms. The Kier molecular flexibility index (Phi) is 7.51. The second kappa shape index (κ2) is 10.7. The van der Waals surface area contributed by atoms with Crippen molar-refractivity contribution in [1.82, 2.24) is 9.38 Å². The van der Waals surface area contributed by atoms with Gasteiger partial charge in [-0.1, -0.05) is 35.0 Å². The number of pyridine rings is 1. The van der Waals surface area contributed by atoms with E-state index in [1.807, 2.05) is 28.8 Å². The van der Waals surface area contributed by atoms with E-state index < -0.39 is 0 Å². The van der Waals surface area contributed by atoms with E-state index in [0.29, 0.717) is 16.9 Å². The maximum Gasteiger partial charge on any atom is 0.257 e. The molecule has 35 heavy (non-hydrogen) atoms. The van der Waals surface area contributed by atoms with E-state index in [0.717, 1.165) is 41.1 Å². The standard InChI is InChI=1S/C27H28BrN5O2/c1-4-24-27(32(5-2)16-19-7-6-8-21(28)15-19)33-17-20(9-14-25(33)31-24)26(35)30-23-12-10-22(11-13-23)29-18(3)34/h6-15,17H,4-5,16H2,1-3H3,(H,29,34)(H,30,35). The summed E-state index contributed by atoms with van der Waals surface area (Å²) in [6, 6.07) is 19.0. The average molecular weight is 534 g/mol. The largest absolute Gasteiger partial charge is 0.352 e. The van der Waals surface area contributed by atoms with Crippen molar-refractivity contribution in [2.75, 3.05) is 22.1 Å². The monoisotopic (exact) mass is 533 g/mol. The highest BCUT2D eigenvalue weighted by Crippen LogP contribution is 2.26. The van der Waals surface area contributed by atoms with Crippen molar-refractivity contribution < 1.29 is 9.59 Å². The molecule has 2 heterocycles. The third-order valence-electron chi connectivity index (χ3n) is 5.67. The number of nitrogens with one attached hydrogen (secondary N) is 2. The van der Waals surface area contributed by atoms with Gasteiger partial charge in [0.15, 0.2) is 0 Å². The molecule has 0 fully saturated rings. The van der Waals surface area contributed by atoms with Crippen LogP contribution in [0, 0.1) is 0 Å². The summed E-state index contributed by atoms with van der Waals surface area (Å²) in [6.07, 6.45) is 2.63. The lowest BCUT2D eigenvalue weighted by Gasteiger charge is -2.24. The summed E-state index contributed by atoms with van der Waals surface area (Å²) in [7, 11) is 0. The van der Waals surface area contributed by atoms with Crippen molar-refractivity contribution >= 4 is 50.6 Å². The van der Waals surface area contributed by atoms with Crippen molar-refractivity contribution in [2.24, 2.45) is 0 Å². The molecule has 0 aliphatic rings. The van der Waals surface area contributed by atoms with Gasteiger partial charge in [0.25, 0.3) is 5.91 Å². The Balaban J connectivity index is 1.63. The fraction of sp³-hybridized carbons (Fsp3) is 0.222. The van der Waals surface area contributed by atoms with Gasteiger partial charge in [-0.3, -0.25) is 14.0 Å². The van der Waals surface area contributed by atoms with Crippen molar-refractivity contribution in [3.63, 3.8) is 0 Å². The minimum Gasteiger partial charge on any atom is -0.352 e. The Morgan fingerprint density at radius 1 is 1.00 bits per heavy atom. The molecule has 180 valence electrons. The van der Waals surface area contributed by atoms with Crippen molar-refractivity contribution in [3.05, 3.63) is 88.2 Å². The molecule has 0 aliphatic carbocycles. The third kappa shape index (κ3) is 5.71.